The molecule has 0 radical (unpaired) electrons. The van der Waals surface area contributed by atoms with Gasteiger partial charge in [-0.15, -0.1) is 0 Å². The van der Waals surface area contributed by atoms with Gasteiger partial charge in [-0.1, -0.05) is 74.5 Å². The second-order valence-corrected chi connectivity index (χ2v) is 8.24. The Morgan fingerprint density at radius 2 is 1.03 bits per heavy atom. The van der Waals surface area contributed by atoms with Crippen molar-refractivity contribution in [3.63, 3.8) is 0 Å². The maximum absolute atomic E-state index is 13.2. The molecule has 1 fully saturated rings. The molecule has 0 bridgehead atoms. The summed E-state index contributed by atoms with van der Waals surface area (Å²) in [7, 11) is 0. The van der Waals surface area contributed by atoms with Crippen LogP contribution in [0.2, 0.25) is 0 Å². The first kappa shape index (κ1) is 22.1. The lowest BCUT2D eigenvalue weighted by molar-refractivity contribution is -0.177. The molecule has 0 spiro atoms. The molecular weight excluding hydrogens is 376 g/mol. The molecule has 2 aromatic rings. The number of rotatable bonds is 8. The third-order valence-corrected chi connectivity index (χ3v) is 6.25. The van der Waals surface area contributed by atoms with E-state index in [1.54, 1.807) is 0 Å². The Balaban J connectivity index is 2.01. The molecule has 4 nitrogen and oxygen atoms in total. The normalized spacial score (nSPS) is 24.9. The van der Waals surface area contributed by atoms with E-state index in [0.717, 1.165) is 24.0 Å². The van der Waals surface area contributed by atoms with E-state index in [0.29, 0.717) is 0 Å². The van der Waals surface area contributed by atoms with Gasteiger partial charge in [0.25, 0.3) is 0 Å². The lowest BCUT2D eigenvalue weighted by atomic mass is 9.52. The van der Waals surface area contributed by atoms with E-state index in [9.17, 15) is 9.59 Å². The summed E-state index contributed by atoms with van der Waals surface area (Å²) in [6, 6.07) is 19.9. The molecule has 0 N–H and O–H groups in total. The van der Waals surface area contributed by atoms with Gasteiger partial charge in [0.2, 0.25) is 0 Å². The summed E-state index contributed by atoms with van der Waals surface area (Å²) in [5.74, 6) is -1.97. The van der Waals surface area contributed by atoms with Crippen molar-refractivity contribution in [2.75, 3.05) is 0 Å². The van der Waals surface area contributed by atoms with Crippen molar-refractivity contribution in [3.05, 3.63) is 71.8 Å². The van der Waals surface area contributed by atoms with Crippen LogP contribution in [-0.4, -0.2) is 24.1 Å². The number of esters is 2. The highest BCUT2D eigenvalue weighted by Crippen LogP contribution is 2.58. The maximum atomic E-state index is 13.2. The Morgan fingerprint density at radius 3 is 1.33 bits per heavy atom. The molecule has 1 saturated carbocycles. The van der Waals surface area contributed by atoms with Crippen LogP contribution in [0.25, 0.3) is 0 Å². The fourth-order valence-electron chi connectivity index (χ4n) is 4.23. The first-order chi connectivity index (χ1) is 14.5. The van der Waals surface area contributed by atoms with E-state index in [4.69, 9.17) is 9.47 Å². The molecule has 3 rings (SSSR count). The number of ether oxygens (including phenoxy) is 2. The summed E-state index contributed by atoms with van der Waals surface area (Å²) in [6.45, 7) is 7.73. The molecule has 1 aliphatic carbocycles. The number of carbonyl (C=O) groups is 2. The van der Waals surface area contributed by atoms with Crippen LogP contribution in [0.4, 0.5) is 0 Å². The molecule has 0 aliphatic heterocycles. The van der Waals surface area contributed by atoms with Crippen LogP contribution in [-0.2, 0) is 19.1 Å². The summed E-state index contributed by atoms with van der Waals surface area (Å²) >= 11 is 0. The quantitative estimate of drug-likeness (QED) is 0.543. The van der Waals surface area contributed by atoms with Gasteiger partial charge in [0.1, 0.15) is 0 Å². The van der Waals surface area contributed by atoms with Crippen LogP contribution in [0.3, 0.4) is 0 Å². The van der Waals surface area contributed by atoms with Crippen molar-refractivity contribution < 1.29 is 19.1 Å². The summed E-state index contributed by atoms with van der Waals surface area (Å²) in [5, 5.41) is 0. The van der Waals surface area contributed by atoms with Crippen molar-refractivity contribution >= 4 is 11.9 Å². The van der Waals surface area contributed by atoms with Crippen LogP contribution in [0, 0.1) is 11.8 Å². The highest BCUT2D eigenvalue weighted by molar-refractivity contribution is 5.87. The molecule has 6 atom stereocenters. The first-order valence-electron chi connectivity index (χ1n) is 11.0. The Morgan fingerprint density at radius 1 is 0.700 bits per heavy atom. The standard InChI is InChI=1S/C26H32O4/c1-5-17(3)29-25(27)23-21(19-13-9-7-10-14-19)22(20-15-11-8-12-16-20)24(23)26(28)30-18(4)6-2/h7-18,21-24H,5-6H2,1-4H3/t17-,18-,21-,22-,23+,24+/m1/s1. The third-order valence-electron chi connectivity index (χ3n) is 6.25. The monoisotopic (exact) mass is 408 g/mol. The number of hydrogen-bond acceptors (Lipinski definition) is 4. The van der Waals surface area contributed by atoms with Crippen molar-refractivity contribution in [3.8, 4) is 0 Å². The molecule has 2 aromatic carbocycles. The van der Waals surface area contributed by atoms with Gasteiger partial charge in [0, 0.05) is 11.8 Å². The third kappa shape index (κ3) is 4.58. The van der Waals surface area contributed by atoms with Gasteiger partial charge in [-0.2, -0.15) is 0 Å². The minimum Gasteiger partial charge on any atom is -0.462 e. The number of hydrogen-bond donors (Lipinski definition) is 0. The fraction of sp³-hybridized carbons (Fsp3) is 0.462. The average molecular weight is 409 g/mol. The van der Waals surface area contributed by atoms with E-state index in [-0.39, 0.29) is 36.0 Å². The zero-order chi connectivity index (χ0) is 21.7. The van der Waals surface area contributed by atoms with Crippen LogP contribution < -0.4 is 0 Å². The van der Waals surface area contributed by atoms with E-state index in [1.807, 2.05) is 88.4 Å². The van der Waals surface area contributed by atoms with Crippen molar-refractivity contribution in [2.45, 2.75) is 64.6 Å². The van der Waals surface area contributed by atoms with Gasteiger partial charge < -0.3 is 9.47 Å². The topological polar surface area (TPSA) is 52.6 Å². The molecule has 30 heavy (non-hydrogen) atoms. The lowest BCUT2D eigenvalue weighted by Crippen LogP contribution is -2.53. The first-order valence-corrected chi connectivity index (χ1v) is 11.0. The minimum absolute atomic E-state index is 0.125. The molecule has 1 aliphatic rings. The highest BCUT2D eigenvalue weighted by atomic mass is 16.6. The molecule has 0 heterocycles. The predicted molar refractivity (Wildman–Crippen MR) is 117 cm³/mol. The van der Waals surface area contributed by atoms with Crippen molar-refractivity contribution in [1.82, 2.24) is 0 Å². The molecule has 0 saturated heterocycles. The molecule has 0 aromatic heterocycles. The summed E-state index contributed by atoms with van der Waals surface area (Å²) in [5.41, 5.74) is 2.09. The largest absolute Gasteiger partial charge is 0.462 e. The smallest absolute Gasteiger partial charge is 0.310 e. The molecule has 0 amide bonds. The number of benzene rings is 2. The van der Waals surface area contributed by atoms with Gasteiger partial charge in [-0.05, 0) is 37.8 Å². The van der Waals surface area contributed by atoms with Crippen LogP contribution in [0.5, 0.6) is 0 Å². The van der Waals surface area contributed by atoms with Gasteiger partial charge in [0.05, 0.1) is 24.0 Å². The molecule has 4 heteroatoms. The minimum atomic E-state index is -0.553. The van der Waals surface area contributed by atoms with Crippen molar-refractivity contribution in [1.29, 1.82) is 0 Å². The summed E-state index contributed by atoms with van der Waals surface area (Å²) < 4.78 is 11.4. The zero-order valence-electron chi connectivity index (χ0n) is 18.3. The van der Waals surface area contributed by atoms with Gasteiger partial charge >= 0.3 is 11.9 Å². The second kappa shape index (κ2) is 9.92. The van der Waals surface area contributed by atoms with E-state index in [2.05, 4.69) is 0 Å². The van der Waals surface area contributed by atoms with Gasteiger partial charge in [-0.3, -0.25) is 9.59 Å². The van der Waals surface area contributed by atoms with Crippen LogP contribution in [0.15, 0.2) is 60.7 Å². The Labute approximate surface area is 179 Å². The van der Waals surface area contributed by atoms with E-state index < -0.39 is 11.8 Å². The summed E-state index contributed by atoms with van der Waals surface area (Å²) in [6.07, 6.45) is 1.10. The predicted octanol–water partition coefficient (Wildman–Crippen LogP) is 5.48. The highest BCUT2D eigenvalue weighted by Gasteiger charge is 2.59. The molecule has 0 unspecified atom stereocenters. The molecule has 160 valence electrons. The van der Waals surface area contributed by atoms with Gasteiger partial charge in [-0.25, -0.2) is 0 Å². The van der Waals surface area contributed by atoms with E-state index in [1.165, 1.54) is 0 Å². The van der Waals surface area contributed by atoms with Crippen LogP contribution in [0.1, 0.15) is 63.5 Å². The SMILES string of the molecule is CC[C@@H](C)OC(=O)[C@@H]1[C@@H](C(=O)O[C@H](C)CC)[C@H](c2ccccc2)[C@H]1c1ccccc1. The van der Waals surface area contributed by atoms with Crippen LogP contribution >= 0.6 is 0 Å². The summed E-state index contributed by atoms with van der Waals surface area (Å²) in [4.78, 5) is 26.4. The number of carbonyl (C=O) groups excluding carboxylic acids is 2. The second-order valence-electron chi connectivity index (χ2n) is 8.24. The Kier molecular flexibility index (Phi) is 7.30. The zero-order valence-corrected chi connectivity index (χ0v) is 18.3. The Hall–Kier alpha value is -2.62. The van der Waals surface area contributed by atoms with Gasteiger partial charge in [0.15, 0.2) is 0 Å². The fourth-order valence-corrected chi connectivity index (χ4v) is 4.23. The maximum Gasteiger partial charge on any atom is 0.310 e. The molecular formula is C26H32O4. The average Bonchev–Trinajstić information content (AvgIpc) is 2.74. The van der Waals surface area contributed by atoms with Crippen molar-refractivity contribution in [2.24, 2.45) is 11.8 Å². The Bertz CT molecular complexity index is 761. The lowest BCUT2D eigenvalue weighted by Gasteiger charge is -2.50. The van der Waals surface area contributed by atoms with E-state index >= 15 is 0 Å².